The molecule has 0 radical (unpaired) electrons. The Kier molecular flexibility index (Phi) is 6.06. The highest BCUT2D eigenvalue weighted by Crippen LogP contribution is 2.23. The molecule has 1 N–H and O–H groups in total. The zero-order valence-electron chi connectivity index (χ0n) is 16.4. The second-order valence-electron chi connectivity index (χ2n) is 7.11. The fraction of sp³-hybridized carbons (Fsp3) is 0.476. The zero-order chi connectivity index (χ0) is 19.4. The number of rotatable bonds is 5. The highest BCUT2D eigenvalue weighted by molar-refractivity contribution is 5.86. The number of aromatic nitrogens is 1. The Bertz CT molecular complexity index is 841. The monoisotopic (exact) mass is 368 g/mol. The van der Waals surface area contributed by atoms with E-state index in [1.165, 1.54) is 0 Å². The third-order valence-electron chi connectivity index (χ3n) is 5.28. The van der Waals surface area contributed by atoms with Crippen LogP contribution in [0.3, 0.4) is 0 Å². The number of likely N-dealkylation sites (N-methyl/N-ethyl adjacent to an activating group) is 1. The van der Waals surface area contributed by atoms with E-state index in [-0.39, 0.29) is 11.8 Å². The summed E-state index contributed by atoms with van der Waals surface area (Å²) in [6, 6.07) is 8.06. The number of nitrogens with zero attached hydrogens (tertiary/aromatic N) is 3. The SMILES string of the molecule is CCNC(=O)CN1CCN(C(=O)Cc2c(C)nc3ccccc3c2C)CC1. The Labute approximate surface area is 160 Å². The van der Waals surface area contributed by atoms with E-state index < -0.39 is 0 Å². The molecule has 1 aromatic carbocycles. The van der Waals surface area contributed by atoms with Crippen LogP contribution in [0.2, 0.25) is 0 Å². The van der Waals surface area contributed by atoms with Crippen LogP contribution in [0.15, 0.2) is 24.3 Å². The van der Waals surface area contributed by atoms with Gasteiger partial charge >= 0.3 is 0 Å². The molecule has 0 atom stereocenters. The normalized spacial score (nSPS) is 15.1. The lowest BCUT2D eigenvalue weighted by atomic mass is 9.99. The fourth-order valence-corrected chi connectivity index (χ4v) is 3.71. The van der Waals surface area contributed by atoms with Gasteiger partial charge in [0.25, 0.3) is 0 Å². The van der Waals surface area contributed by atoms with Gasteiger partial charge in [-0.25, -0.2) is 0 Å². The minimum absolute atomic E-state index is 0.0470. The summed E-state index contributed by atoms with van der Waals surface area (Å²) in [5, 5.41) is 3.93. The molecule has 2 amide bonds. The summed E-state index contributed by atoms with van der Waals surface area (Å²) in [4.78, 5) is 33.2. The number of hydrogen-bond donors (Lipinski definition) is 1. The molecule has 6 heteroatoms. The van der Waals surface area contributed by atoms with Gasteiger partial charge < -0.3 is 10.2 Å². The molecule has 1 aliphatic heterocycles. The maximum Gasteiger partial charge on any atom is 0.234 e. The van der Waals surface area contributed by atoms with Crippen molar-refractivity contribution in [3.05, 3.63) is 41.1 Å². The lowest BCUT2D eigenvalue weighted by Crippen LogP contribution is -2.51. The Morgan fingerprint density at radius 1 is 1.11 bits per heavy atom. The first kappa shape index (κ1) is 19.3. The van der Waals surface area contributed by atoms with Crippen LogP contribution in [0.25, 0.3) is 10.9 Å². The van der Waals surface area contributed by atoms with Crippen molar-refractivity contribution < 1.29 is 9.59 Å². The number of para-hydroxylation sites is 1. The van der Waals surface area contributed by atoms with Crippen molar-refractivity contribution in [2.45, 2.75) is 27.2 Å². The number of benzene rings is 1. The summed E-state index contributed by atoms with van der Waals surface area (Å²) in [5.74, 6) is 0.182. The molecule has 0 bridgehead atoms. The molecular weight excluding hydrogens is 340 g/mol. The summed E-state index contributed by atoms with van der Waals surface area (Å²) in [5.41, 5.74) is 4.07. The van der Waals surface area contributed by atoms with Crippen LogP contribution in [0, 0.1) is 13.8 Å². The van der Waals surface area contributed by atoms with E-state index in [4.69, 9.17) is 0 Å². The molecule has 144 valence electrons. The van der Waals surface area contributed by atoms with Crippen molar-refractivity contribution in [3.63, 3.8) is 0 Å². The third-order valence-corrected chi connectivity index (χ3v) is 5.28. The van der Waals surface area contributed by atoms with Gasteiger partial charge in [0.2, 0.25) is 11.8 Å². The maximum atomic E-state index is 12.8. The number of nitrogens with one attached hydrogen (secondary N) is 1. The molecule has 2 heterocycles. The molecule has 0 saturated carbocycles. The van der Waals surface area contributed by atoms with Crippen molar-refractivity contribution >= 4 is 22.7 Å². The van der Waals surface area contributed by atoms with E-state index in [0.29, 0.717) is 32.6 Å². The zero-order valence-corrected chi connectivity index (χ0v) is 16.4. The van der Waals surface area contributed by atoms with Crippen molar-refractivity contribution in [1.29, 1.82) is 0 Å². The van der Waals surface area contributed by atoms with Crippen LogP contribution in [-0.2, 0) is 16.0 Å². The smallest absolute Gasteiger partial charge is 0.234 e. The van der Waals surface area contributed by atoms with Crippen LogP contribution in [0.5, 0.6) is 0 Å². The fourth-order valence-electron chi connectivity index (χ4n) is 3.71. The van der Waals surface area contributed by atoms with Gasteiger partial charge in [-0.2, -0.15) is 0 Å². The Hall–Kier alpha value is -2.47. The molecular formula is C21H28N4O2. The van der Waals surface area contributed by atoms with Gasteiger partial charge in [0.1, 0.15) is 0 Å². The summed E-state index contributed by atoms with van der Waals surface area (Å²) in [6.45, 7) is 9.82. The van der Waals surface area contributed by atoms with E-state index in [1.807, 2.05) is 36.9 Å². The molecule has 1 aliphatic rings. The van der Waals surface area contributed by atoms with Gasteiger partial charge in [-0.3, -0.25) is 19.5 Å². The third kappa shape index (κ3) is 4.45. The van der Waals surface area contributed by atoms with E-state index >= 15 is 0 Å². The second-order valence-corrected chi connectivity index (χ2v) is 7.11. The quantitative estimate of drug-likeness (QED) is 0.872. The van der Waals surface area contributed by atoms with Crippen LogP contribution in [0.1, 0.15) is 23.7 Å². The number of hydrogen-bond acceptors (Lipinski definition) is 4. The first-order chi connectivity index (χ1) is 13.0. The number of amides is 2. The molecule has 1 aromatic heterocycles. The van der Waals surface area contributed by atoms with Gasteiger partial charge in [0, 0.05) is 43.8 Å². The summed E-state index contributed by atoms with van der Waals surface area (Å²) >= 11 is 0. The standard InChI is InChI=1S/C21H28N4O2/c1-4-22-20(26)14-24-9-11-25(12-10-24)21(27)13-18-15(2)17-7-5-6-8-19(17)23-16(18)3/h5-8H,4,9-14H2,1-3H3,(H,22,26). The molecule has 1 fully saturated rings. The van der Waals surface area contributed by atoms with Crippen molar-refractivity contribution in [2.75, 3.05) is 39.3 Å². The minimum Gasteiger partial charge on any atom is -0.355 e. The molecule has 0 aliphatic carbocycles. The average molecular weight is 368 g/mol. The molecule has 6 nitrogen and oxygen atoms in total. The van der Waals surface area contributed by atoms with Crippen molar-refractivity contribution in [3.8, 4) is 0 Å². The Morgan fingerprint density at radius 2 is 1.81 bits per heavy atom. The molecule has 0 spiro atoms. The van der Waals surface area contributed by atoms with Gasteiger partial charge in [0.15, 0.2) is 0 Å². The number of piperazine rings is 1. The summed E-state index contributed by atoms with van der Waals surface area (Å²) in [7, 11) is 0. The van der Waals surface area contributed by atoms with Crippen LogP contribution in [0.4, 0.5) is 0 Å². The van der Waals surface area contributed by atoms with Crippen molar-refractivity contribution in [1.82, 2.24) is 20.1 Å². The predicted octanol–water partition coefficient (Wildman–Crippen LogP) is 1.67. The number of fused-ring (bicyclic) bond motifs is 1. The van der Waals surface area contributed by atoms with Crippen molar-refractivity contribution in [2.24, 2.45) is 0 Å². The molecule has 27 heavy (non-hydrogen) atoms. The Morgan fingerprint density at radius 3 is 2.52 bits per heavy atom. The minimum atomic E-state index is 0.0470. The number of carbonyl (C=O) groups excluding carboxylic acids is 2. The Balaban J connectivity index is 1.63. The second kappa shape index (κ2) is 8.48. The highest BCUT2D eigenvalue weighted by Gasteiger charge is 2.23. The predicted molar refractivity (Wildman–Crippen MR) is 107 cm³/mol. The highest BCUT2D eigenvalue weighted by atomic mass is 16.2. The molecule has 2 aromatic rings. The average Bonchev–Trinajstić information content (AvgIpc) is 2.65. The summed E-state index contributed by atoms with van der Waals surface area (Å²) < 4.78 is 0. The maximum absolute atomic E-state index is 12.8. The number of carbonyl (C=O) groups is 2. The molecule has 0 unspecified atom stereocenters. The van der Waals surface area contributed by atoms with Gasteiger partial charge in [-0.15, -0.1) is 0 Å². The van der Waals surface area contributed by atoms with Crippen LogP contribution >= 0.6 is 0 Å². The van der Waals surface area contributed by atoms with Crippen LogP contribution in [-0.4, -0.2) is 65.9 Å². The number of pyridine rings is 1. The first-order valence-corrected chi connectivity index (χ1v) is 9.61. The topological polar surface area (TPSA) is 65.5 Å². The van der Waals surface area contributed by atoms with Crippen LogP contribution < -0.4 is 5.32 Å². The van der Waals surface area contributed by atoms with E-state index in [0.717, 1.165) is 40.8 Å². The largest absolute Gasteiger partial charge is 0.355 e. The lowest BCUT2D eigenvalue weighted by molar-refractivity contribution is -0.132. The van der Waals surface area contributed by atoms with E-state index in [1.54, 1.807) is 0 Å². The number of aryl methyl sites for hydroxylation is 2. The van der Waals surface area contributed by atoms with Gasteiger partial charge in [0.05, 0.1) is 18.5 Å². The first-order valence-electron chi connectivity index (χ1n) is 9.61. The van der Waals surface area contributed by atoms with E-state index in [9.17, 15) is 9.59 Å². The molecule has 1 saturated heterocycles. The summed E-state index contributed by atoms with van der Waals surface area (Å²) in [6.07, 6.45) is 0.381. The van der Waals surface area contributed by atoms with E-state index in [2.05, 4.69) is 28.2 Å². The van der Waals surface area contributed by atoms with Gasteiger partial charge in [-0.05, 0) is 38.0 Å². The molecule has 3 rings (SSSR count). The lowest BCUT2D eigenvalue weighted by Gasteiger charge is -2.34. The van der Waals surface area contributed by atoms with Gasteiger partial charge in [-0.1, -0.05) is 18.2 Å².